The Morgan fingerprint density at radius 3 is 2.50 bits per heavy atom. The normalized spacial score (nSPS) is 10.1. The van der Waals surface area contributed by atoms with E-state index >= 15 is 0 Å². The lowest BCUT2D eigenvalue weighted by Crippen LogP contribution is -1.94. The van der Waals surface area contributed by atoms with Crippen molar-refractivity contribution in [3.05, 3.63) is 36.5 Å². The van der Waals surface area contributed by atoms with Gasteiger partial charge in [-0.05, 0) is 19.1 Å². The van der Waals surface area contributed by atoms with Crippen molar-refractivity contribution in [3.8, 4) is 11.1 Å². The van der Waals surface area contributed by atoms with Crippen LogP contribution in [-0.2, 0) is 0 Å². The van der Waals surface area contributed by atoms with Crippen LogP contribution in [0.15, 0.2) is 30.7 Å². The molecule has 2 aromatic heterocycles. The van der Waals surface area contributed by atoms with Gasteiger partial charge in [-0.3, -0.25) is 0 Å². The van der Waals surface area contributed by atoms with Crippen molar-refractivity contribution < 1.29 is 0 Å². The molecule has 2 heterocycles. The van der Waals surface area contributed by atoms with Gasteiger partial charge >= 0.3 is 0 Å². The molecule has 0 radical (unpaired) electrons. The molecular formula is C10H10N4. The molecule has 0 bridgehead atoms. The topological polar surface area (TPSA) is 64.7 Å². The minimum Gasteiger partial charge on any atom is -0.383 e. The fraction of sp³-hybridized carbons (Fsp3) is 0.100. The van der Waals surface area contributed by atoms with Gasteiger partial charge in [0.05, 0.1) is 0 Å². The number of anilines is 1. The maximum absolute atomic E-state index is 5.72. The molecule has 2 aromatic rings. The number of rotatable bonds is 1. The van der Waals surface area contributed by atoms with Crippen molar-refractivity contribution in [1.29, 1.82) is 0 Å². The first-order valence-corrected chi connectivity index (χ1v) is 4.27. The molecule has 70 valence electrons. The maximum Gasteiger partial charge on any atom is 0.131 e. The van der Waals surface area contributed by atoms with Crippen molar-refractivity contribution in [1.82, 2.24) is 15.0 Å². The number of hydrogen-bond acceptors (Lipinski definition) is 4. The molecule has 0 fully saturated rings. The first-order valence-electron chi connectivity index (χ1n) is 4.27. The summed E-state index contributed by atoms with van der Waals surface area (Å²) in [5.74, 6) is 1.25. The quantitative estimate of drug-likeness (QED) is 0.731. The van der Waals surface area contributed by atoms with Gasteiger partial charge in [0.2, 0.25) is 0 Å². The van der Waals surface area contributed by atoms with Gasteiger partial charge in [-0.15, -0.1) is 0 Å². The van der Waals surface area contributed by atoms with E-state index in [0.717, 1.165) is 17.0 Å². The second-order valence-electron chi connectivity index (χ2n) is 2.96. The Bertz CT molecular complexity index is 436. The van der Waals surface area contributed by atoms with E-state index < -0.39 is 0 Å². The van der Waals surface area contributed by atoms with Gasteiger partial charge in [-0.2, -0.15) is 0 Å². The van der Waals surface area contributed by atoms with Gasteiger partial charge < -0.3 is 5.73 Å². The van der Waals surface area contributed by atoms with Crippen molar-refractivity contribution in [2.24, 2.45) is 0 Å². The Kier molecular flexibility index (Phi) is 2.10. The lowest BCUT2D eigenvalue weighted by Gasteiger charge is -2.02. The number of aromatic nitrogens is 3. The van der Waals surface area contributed by atoms with E-state index in [0.29, 0.717) is 5.82 Å². The Labute approximate surface area is 81.9 Å². The Hall–Kier alpha value is -1.97. The lowest BCUT2D eigenvalue weighted by molar-refractivity contribution is 1.05. The van der Waals surface area contributed by atoms with Crippen LogP contribution in [0.1, 0.15) is 5.82 Å². The van der Waals surface area contributed by atoms with Gasteiger partial charge in [-0.1, -0.05) is 0 Å². The molecule has 0 spiro atoms. The Balaban J connectivity index is 2.50. The predicted molar refractivity (Wildman–Crippen MR) is 54.4 cm³/mol. The summed E-state index contributed by atoms with van der Waals surface area (Å²) in [6.45, 7) is 1.84. The van der Waals surface area contributed by atoms with Crippen LogP contribution >= 0.6 is 0 Å². The van der Waals surface area contributed by atoms with Crippen molar-refractivity contribution in [2.75, 3.05) is 5.73 Å². The van der Waals surface area contributed by atoms with E-state index in [2.05, 4.69) is 15.0 Å². The molecule has 0 atom stereocenters. The summed E-state index contributed by atoms with van der Waals surface area (Å²) in [7, 11) is 0. The average molecular weight is 186 g/mol. The molecular weight excluding hydrogens is 176 g/mol. The first-order chi connectivity index (χ1) is 6.77. The Morgan fingerprint density at radius 2 is 1.86 bits per heavy atom. The summed E-state index contributed by atoms with van der Waals surface area (Å²) in [5.41, 5.74) is 7.48. The first kappa shape index (κ1) is 8.62. The third kappa shape index (κ3) is 1.54. The number of aryl methyl sites for hydroxylation is 1. The molecule has 2 rings (SSSR count). The van der Waals surface area contributed by atoms with Crippen molar-refractivity contribution in [3.63, 3.8) is 0 Å². The van der Waals surface area contributed by atoms with Crippen LogP contribution in [-0.4, -0.2) is 15.0 Å². The minimum atomic E-state index is 0.500. The molecule has 4 nitrogen and oxygen atoms in total. The highest BCUT2D eigenvalue weighted by Crippen LogP contribution is 2.21. The molecule has 0 amide bonds. The van der Waals surface area contributed by atoms with Gasteiger partial charge in [-0.25, -0.2) is 15.0 Å². The number of nitrogens with zero attached hydrogens (tertiary/aromatic N) is 3. The van der Waals surface area contributed by atoms with Crippen LogP contribution in [0.4, 0.5) is 5.82 Å². The molecule has 0 aliphatic rings. The van der Waals surface area contributed by atoms with Crippen LogP contribution in [0.3, 0.4) is 0 Å². The van der Waals surface area contributed by atoms with Crippen molar-refractivity contribution in [2.45, 2.75) is 6.92 Å². The van der Waals surface area contributed by atoms with Crippen LogP contribution < -0.4 is 5.73 Å². The molecule has 14 heavy (non-hydrogen) atoms. The average Bonchev–Trinajstić information content (AvgIpc) is 2.20. The maximum atomic E-state index is 5.72. The van der Waals surface area contributed by atoms with Gasteiger partial charge in [0.25, 0.3) is 0 Å². The van der Waals surface area contributed by atoms with E-state index in [-0.39, 0.29) is 0 Å². The van der Waals surface area contributed by atoms with Crippen molar-refractivity contribution >= 4 is 5.82 Å². The third-order valence-corrected chi connectivity index (χ3v) is 1.93. The predicted octanol–water partition coefficient (Wildman–Crippen LogP) is 1.43. The SMILES string of the molecule is Cc1ncc(-c2cccnc2N)cn1. The molecule has 4 heteroatoms. The summed E-state index contributed by atoms with van der Waals surface area (Å²) >= 11 is 0. The summed E-state index contributed by atoms with van der Waals surface area (Å²) in [4.78, 5) is 12.2. The van der Waals surface area contributed by atoms with Crippen LogP contribution in [0.5, 0.6) is 0 Å². The number of pyridine rings is 1. The molecule has 0 aliphatic heterocycles. The number of hydrogen-bond donors (Lipinski definition) is 1. The molecule has 0 aliphatic carbocycles. The molecule has 0 saturated carbocycles. The smallest absolute Gasteiger partial charge is 0.131 e. The molecule has 0 saturated heterocycles. The highest BCUT2D eigenvalue weighted by molar-refractivity contribution is 5.72. The van der Waals surface area contributed by atoms with Gasteiger partial charge in [0.15, 0.2) is 0 Å². The fourth-order valence-electron chi connectivity index (χ4n) is 1.19. The number of nitrogens with two attached hydrogens (primary N) is 1. The monoisotopic (exact) mass is 186 g/mol. The highest BCUT2D eigenvalue weighted by atomic mass is 14.9. The van der Waals surface area contributed by atoms with E-state index in [1.54, 1.807) is 18.6 Å². The van der Waals surface area contributed by atoms with E-state index in [9.17, 15) is 0 Å². The van der Waals surface area contributed by atoms with E-state index in [4.69, 9.17) is 5.73 Å². The van der Waals surface area contributed by atoms with Gasteiger partial charge in [0, 0.05) is 29.7 Å². The van der Waals surface area contributed by atoms with Gasteiger partial charge in [0.1, 0.15) is 11.6 Å². The molecule has 0 aromatic carbocycles. The number of nitrogen functional groups attached to an aromatic ring is 1. The summed E-state index contributed by atoms with van der Waals surface area (Å²) in [6.07, 6.45) is 5.15. The summed E-state index contributed by atoms with van der Waals surface area (Å²) in [5, 5.41) is 0. The van der Waals surface area contributed by atoms with E-state index in [1.807, 2.05) is 19.1 Å². The standard InChI is InChI=1S/C10H10N4/c1-7-13-5-8(6-14-7)9-3-2-4-12-10(9)11/h2-6H,1H3,(H2,11,12). The Morgan fingerprint density at radius 1 is 1.14 bits per heavy atom. The lowest BCUT2D eigenvalue weighted by atomic mass is 10.1. The van der Waals surface area contributed by atoms with Crippen LogP contribution in [0.25, 0.3) is 11.1 Å². The molecule has 0 unspecified atom stereocenters. The zero-order chi connectivity index (χ0) is 9.97. The molecule has 2 N–H and O–H groups in total. The second kappa shape index (κ2) is 3.41. The van der Waals surface area contributed by atoms with Crippen LogP contribution in [0, 0.1) is 6.92 Å². The summed E-state index contributed by atoms with van der Waals surface area (Å²) in [6, 6.07) is 3.74. The minimum absolute atomic E-state index is 0.500. The zero-order valence-corrected chi connectivity index (χ0v) is 7.81. The third-order valence-electron chi connectivity index (χ3n) is 1.93. The summed E-state index contributed by atoms with van der Waals surface area (Å²) < 4.78 is 0. The van der Waals surface area contributed by atoms with E-state index in [1.165, 1.54) is 0 Å². The van der Waals surface area contributed by atoms with Crippen LogP contribution in [0.2, 0.25) is 0 Å². The second-order valence-corrected chi connectivity index (χ2v) is 2.96. The largest absolute Gasteiger partial charge is 0.383 e. The zero-order valence-electron chi connectivity index (χ0n) is 7.81. The highest BCUT2D eigenvalue weighted by Gasteiger charge is 2.02. The fourth-order valence-corrected chi connectivity index (χ4v) is 1.19.